The van der Waals surface area contributed by atoms with E-state index < -0.39 is 0 Å². The molecule has 3 aromatic rings. The largest absolute Gasteiger partial charge is 0.439 e. The van der Waals surface area contributed by atoms with Crippen molar-refractivity contribution >= 4 is 17.5 Å². The first-order chi connectivity index (χ1) is 13.6. The number of benzene rings is 2. The normalized spacial score (nSPS) is 17.8. The van der Waals surface area contributed by atoms with Gasteiger partial charge in [-0.05, 0) is 59.9 Å². The number of amides is 1. The van der Waals surface area contributed by atoms with Crippen LogP contribution in [0.3, 0.4) is 0 Å². The SMILES string of the molecule is O=C(NCc1ccnc(Oc2ccc(F)cc2)c1)C1CC1c1ccccc1Cl. The van der Waals surface area contributed by atoms with Crippen molar-refractivity contribution in [3.63, 3.8) is 0 Å². The van der Waals surface area contributed by atoms with E-state index in [4.69, 9.17) is 16.3 Å². The topological polar surface area (TPSA) is 51.2 Å². The molecule has 1 saturated carbocycles. The summed E-state index contributed by atoms with van der Waals surface area (Å²) < 4.78 is 18.6. The molecule has 2 unspecified atom stereocenters. The van der Waals surface area contributed by atoms with Gasteiger partial charge in [-0.3, -0.25) is 4.79 Å². The lowest BCUT2D eigenvalue weighted by Gasteiger charge is -2.08. The van der Waals surface area contributed by atoms with Crippen LogP contribution < -0.4 is 10.1 Å². The van der Waals surface area contributed by atoms with Crippen LogP contribution >= 0.6 is 11.6 Å². The number of pyridine rings is 1. The van der Waals surface area contributed by atoms with Crippen molar-refractivity contribution in [1.82, 2.24) is 10.3 Å². The predicted octanol–water partition coefficient (Wildman–Crippen LogP) is 5.09. The van der Waals surface area contributed by atoms with Gasteiger partial charge in [-0.25, -0.2) is 9.37 Å². The number of carbonyl (C=O) groups excluding carboxylic acids is 1. The van der Waals surface area contributed by atoms with Crippen LogP contribution in [0.2, 0.25) is 5.02 Å². The van der Waals surface area contributed by atoms with Crippen LogP contribution in [0, 0.1) is 11.7 Å². The number of nitrogens with zero attached hydrogens (tertiary/aromatic N) is 1. The van der Waals surface area contributed by atoms with E-state index in [0.717, 1.165) is 17.5 Å². The number of aromatic nitrogens is 1. The maximum Gasteiger partial charge on any atom is 0.224 e. The second-order valence-electron chi connectivity index (χ2n) is 6.75. The molecule has 4 nitrogen and oxygen atoms in total. The van der Waals surface area contributed by atoms with Crippen molar-refractivity contribution < 1.29 is 13.9 Å². The predicted molar refractivity (Wildman–Crippen MR) is 105 cm³/mol. The lowest BCUT2D eigenvalue weighted by Crippen LogP contribution is -2.24. The molecule has 4 rings (SSSR count). The molecule has 28 heavy (non-hydrogen) atoms. The highest BCUT2D eigenvalue weighted by Gasteiger charge is 2.44. The first-order valence-electron chi connectivity index (χ1n) is 9.00. The summed E-state index contributed by atoms with van der Waals surface area (Å²) in [5, 5.41) is 3.67. The average Bonchev–Trinajstić information content (AvgIpc) is 3.49. The molecule has 0 spiro atoms. The molecule has 0 saturated heterocycles. The van der Waals surface area contributed by atoms with Crippen molar-refractivity contribution in [3.05, 3.63) is 88.8 Å². The fraction of sp³-hybridized carbons (Fsp3) is 0.182. The second kappa shape index (κ2) is 7.98. The van der Waals surface area contributed by atoms with Crippen LogP contribution in [0.5, 0.6) is 11.6 Å². The highest BCUT2D eigenvalue weighted by molar-refractivity contribution is 6.31. The number of hydrogen-bond donors (Lipinski definition) is 1. The number of carbonyl (C=O) groups is 1. The fourth-order valence-corrected chi connectivity index (χ4v) is 3.44. The van der Waals surface area contributed by atoms with Gasteiger partial charge >= 0.3 is 0 Å². The molecule has 1 aliphatic carbocycles. The Kier molecular flexibility index (Phi) is 5.26. The van der Waals surface area contributed by atoms with Gasteiger partial charge in [-0.1, -0.05) is 29.8 Å². The van der Waals surface area contributed by atoms with Gasteiger partial charge in [0.15, 0.2) is 0 Å². The third-order valence-corrected chi connectivity index (χ3v) is 5.08. The Bertz CT molecular complexity index is 994. The Morgan fingerprint density at radius 1 is 1.18 bits per heavy atom. The molecule has 1 fully saturated rings. The summed E-state index contributed by atoms with van der Waals surface area (Å²) in [4.78, 5) is 16.6. The minimum Gasteiger partial charge on any atom is -0.439 e. The van der Waals surface area contributed by atoms with E-state index in [2.05, 4.69) is 10.3 Å². The van der Waals surface area contributed by atoms with Crippen LogP contribution in [0.25, 0.3) is 0 Å². The summed E-state index contributed by atoms with van der Waals surface area (Å²) in [5.41, 5.74) is 1.90. The molecule has 1 aromatic heterocycles. The summed E-state index contributed by atoms with van der Waals surface area (Å²) in [5.74, 6) is 0.712. The number of hydrogen-bond acceptors (Lipinski definition) is 3. The summed E-state index contributed by atoms with van der Waals surface area (Å²) in [7, 11) is 0. The van der Waals surface area contributed by atoms with Crippen molar-refractivity contribution in [2.45, 2.75) is 18.9 Å². The van der Waals surface area contributed by atoms with Crippen LogP contribution in [0.15, 0.2) is 66.9 Å². The third kappa shape index (κ3) is 4.31. The van der Waals surface area contributed by atoms with E-state index in [1.54, 1.807) is 12.3 Å². The molecule has 1 aliphatic rings. The Labute approximate surface area is 167 Å². The van der Waals surface area contributed by atoms with Crippen LogP contribution in [0.1, 0.15) is 23.5 Å². The summed E-state index contributed by atoms with van der Waals surface area (Å²) >= 11 is 6.22. The Balaban J connectivity index is 1.33. The van der Waals surface area contributed by atoms with Crippen LogP contribution in [-0.2, 0) is 11.3 Å². The van der Waals surface area contributed by atoms with E-state index in [1.807, 2.05) is 30.3 Å². The van der Waals surface area contributed by atoms with Crippen molar-refractivity contribution in [2.24, 2.45) is 5.92 Å². The first-order valence-corrected chi connectivity index (χ1v) is 9.38. The molecular formula is C22H18ClFN2O2. The van der Waals surface area contributed by atoms with Gasteiger partial charge in [0.05, 0.1) is 0 Å². The van der Waals surface area contributed by atoms with Gasteiger partial charge < -0.3 is 10.1 Å². The minimum absolute atomic E-state index is 0.0164. The third-order valence-electron chi connectivity index (χ3n) is 4.73. The van der Waals surface area contributed by atoms with Gasteiger partial charge in [0.2, 0.25) is 11.8 Å². The van der Waals surface area contributed by atoms with Crippen LogP contribution in [0.4, 0.5) is 4.39 Å². The molecule has 0 bridgehead atoms. The maximum atomic E-state index is 13.0. The summed E-state index contributed by atoms with van der Waals surface area (Å²) in [6.45, 7) is 0.382. The maximum absolute atomic E-state index is 13.0. The zero-order valence-corrected chi connectivity index (χ0v) is 15.7. The number of halogens is 2. The van der Waals surface area contributed by atoms with Crippen molar-refractivity contribution in [1.29, 1.82) is 0 Å². The molecule has 1 N–H and O–H groups in total. The van der Waals surface area contributed by atoms with Crippen molar-refractivity contribution in [3.8, 4) is 11.6 Å². The molecule has 6 heteroatoms. The average molecular weight is 397 g/mol. The van der Waals surface area contributed by atoms with Crippen molar-refractivity contribution in [2.75, 3.05) is 0 Å². The van der Waals surface area contributed by atoms with Gasteiger partial charge in [0.25, 0.3) is 0 Å². The van der Waals surface area contributed by atoms with E-state index in [1.165, 1.54) is 24.3 Å². The smallest absolute Gasteiger partial charge is 0.224 e. The molecular weight excluding hydrogens is 379 g/mol. The summed E-state index contributed by atoms with van der Waals surface area (Å²) in [6, 6.07) is 16.9. The van der Waals surface area contributed by atoms with E-state index in [-0.39, 0.29) is 23.6 Å². The molecule has 1 heterocycles. The Morgan fingerprint density at radius 3 is 2.75 bits per heavy atom. The lowest BCUT2D eigenvalue weighted by atomic mass is 10.1. The molecule has 1 amide bonds. The number of nitrogens with one attached hydrogen (secondary N) is 1. The van der Waals surface area contributed by atoms with Gasteiger partial charge in [0, 0.05) is 29.7 Å². The van der Waals surface area contributed by atoms with E-state index in [9.17, 15) is 9.18 Å². The molecule has 2 atom stereocenters. The monoisotopic (exact) mass is 396 g/mol. The number of rotatable bonds is 6. The zero-order valence-electron chi connectivity index (χ0n) is 14.9. The first kappa shape index (κ1) is 18.4. The highest BCUT2D eigenvalue weighted by Crippen LogP contribution is 2.49. The van der Waals surface area contributed by atoms with Gasteiger partial charge in [-0.15, -0.1) is 0 Å². The van der Waals surface area contributed by atoms with Gasteiger partial charge in [0.1, 0.15) is 11.6 Å². The zero-order chi connectivity index (χ0) is 19.5. The Morgan fingerprint density at radius 2 is 1.96 bits per heavy atom. The molecule has 0 radical (unpaired) electrons. The number of ether oxygens (including phenoxy) is 1. The molecule has 142 valence electrons. The molecule has 2 aromatic carbocycles. The standard InChI is InChI=1S/C22H18ClFN2O2/c23-20-4-2-1-3-17(20)18-12-19(18)22(27)26-13-14-9-10-25-21(11-14)28-16-7-5-15(24)6-8-16/h1-11,18-19H,12-13H2,(H,26,27). The second-order valence-corrected chi connectivity index (χ2v) is 7.15. The molecule has 0 aliphatic heterocycles. The highest BCUT2D eigenvalue weighted by atomic mass is 35.5. The quantitative estimate of drug-likeness (QED) is 0.631. The van der Waals surface area contributed by atoms with Crippen LogP contribution in [-0.4, -0.2) is 10.9 Å². The van der Waals surface area contributed by atoms with E-state index in [0.29, 0.717) is 23.2 Å². The fourth-order valence-electron chi connectivity index (χ4n) is 3.16. The van der Waals surface area contributed by atoms with E-state index >= 15 is 0 Å². The minimum atomic E-state index is -0.327. The lowest BCUT2D eigenvalue weighted by molar-refractivity contribution is -0.122. The summed E-state index contributed by atoms with van der Waals surface area (Å²) in [6.07, 6.45) is 2.43. The van der Waals surface area contributed by atoms with Gasteiger partial charge in [-0.2, -0.15) is 0 Å². The Hall–Kier alpha value is -2.92.